The highest BCUT2D eigenvalue weighted by Gasteiger charge is 2.37. The Balaban J connectivity index is 2.02. The van der Waals surface area contributed by atoms with Crippen LogP contribution in [0.25, 0.3) is 0 Å². The molecule has 4 heteroatoms. The molecule has 1 aromatic rings. The molecule has 0 amide bonds. The lowest BCUT2D eigenvalue weighted by Crippen LogP contribution is -2.38. The molecular formula is C14H19F2NO. The second-order valence-electron chi connectivity index (χ2n) is 5.26. The van der Waals surface area contributed by atoms with Gasteiger partial charge in [0.25, 0.3) is 0 Å². The first-order valence-corrected chi connectivity index (χ1v) is 6.33. The van der Waals surface area contributed by atoms with Crippen LogP contribution in [0.15, 0.2) is 18.2 Å². The van der Waals surface area contributed by atoms with Gasteiger partial charge >= 0.3 is 0 Å². The van der Waals surface area contributed by atoms with Crippen molar-refractivity contribution in [2.75, 3.05) is 6.54 Å². The van der Waals surface area contributed by atoms with Gasteiger partial charge in [0, 0.05) is 18.2 Å². The molecular weight excluding hydrogens is 236 g/mol. The minimum atomic E-state index is -0.570. The molecule has 0 aromatic heterocycles. The fraction of sp³-hybridized carbons (Fsp3) is 0.571. The Hall–Kier alpha value is -1.00. The quantitative estimate of drug-likeness (QED) is 0.897. The van der Waals surface area contributed by atoms with Crippen molar-refractivity contribution in [1.29, 1.82) is 0 Å². The van der Waals surface area contributed by atoms with E-state index in [-0.39, 0.29) is 12.2 Å². The Kier molecular flexibility index (Phi) is 3.97. The lowest BCUT2D eigenvalue weighted by Gasteiger charge is -2.28. The normalized spacial score (nSPS) is 27.7. The fourth-order valence-electron chi connectivity index (χ4n) is 2.59. The van der Waals surface area contributed by atoms with E-state index in [1.54, 1.807) is 0 Å². The van der Waals surface area contributed by atoms with Crippen molar-refractivity contribution in [2.45, 2.75) is 38.4 Å². The Morgan fingerprint density at radius 3 is 2.78 bits per heavy atom. The van der Waals surface area contributed by atoms with E-state index < -0.39 is 11.6 Å². The first kappa shape index (κ1) is 13.4. The van der Waals surface area contributed by atoms with E-state index in [4.69, 9.17) is 10.5 Å². The lowest BCUT2D eigenvalue weighted by molar-refractivity contribution is -0.0480. The molecule has 0 bridgehead atoms. The van der Waals surface area contributed by atoms with Crippen LogP contribution < -0.4 is 5.73 Å². The van der Waals surface area contributed by atoms with Gasteiger partial charge in [-0.1, -0.05) is 13.0 Å². The molecule has 1 aromatic carbocycles. The third kappa shape index (κ3) is 2.87. The van der Waals surface area contributed by atoms with Crippen molar-refractivity contribution in [3.63, 3.8) is 0 Å². The van der Waals surface area contributed by atoms with Gasteiger partial charge in [0.15, 0.2) is 0 Å². The maximum absolute atomic E-state index is 13.5. The predicted molar refractivity (Wildman–Crippen MR) is 65.9 cm³/mol. The van der Waals surface area contributed by atoms with Crippen LogP contribution >= 0.6 is 0 Å². The summed E-state index contributed by atoms with van der Waals surface area (Å²) in [4.78, 5) is 0. The third-order valence-electron chi connectivity index (χ3n) is 3.73. The van der Waals surface area contributed by atoms with Gasteiger partial charge in [0.05, 0.1) is 12.2 Å². The molecule has 2 atom stereocenters. The van der Waals surface area contributed by atoms with Gasteiger partial charge in [-0.2, -0.15) is 0 Å². The van der Waals surface area contributed by atoms with Crippen molar-refractivity contribution in [3.8, 4) is 0 Å². The van der Waals surface area contributed by atoms with Crippen LogP contribution in [0, 0.1) is 17.6 Å². The summed E-state index contributed by atoms with van der Waals surface area (Å²) in [6.45, 7) is 2.76. The molecule has 2 unspecified atom stereocenters. The zero-order valence-electron chi connectivity index (χ0n) is 10.6. The smallest absolute Gasteiger partial charge is 0.131 e. The topological polar surface area (TPSA) is 35.2 Å². The van der Waals surface area contributed by atoms with Gasteiger partial charge in [-0.3, -0.25) is 0 Å². The van der Waals surface area contributed by atoms with Gasteiger partial charge in [-0.05, 0) is 31.2 Å². The number of benzene rings is 1. The van der Waals surface area contributed by atoms with Crippen LogP contribution in [-0.4, -0.2) is 12.1 Å². The minimum Gasteiger partial charge on any atom is -0.369 e. The van der Waals surface area contributed by atoms with Crippen LogP contribution in [0.2, 0.25) is 0 Å². The number of hydrogen-bond acceptors (Lipinski definition) is 2. The molecule has 1 aliphatic rings. The van der Waals surface area contributed by atoms with Crippen molar-refractivity contribution >= 4 is 0 Å². The lowest BCUT2D eigenvalue weighted by atomic mass is 10.0. The molecule has 1 aliphatic carbocycles. The van der Waals surface area contributed by atoms with Crippen LogP contribution in [0.4, 0.5) is 8.78 Å². The molecule has 2 N–H and O–H groups in total. The Labute approximate surface area is 106 Å². The van der Waals surface area contributed by atoms with E-state index in [2.05, 4.69) is 6.92 Å². The van der Waals surface area contributed by atoms with E-state index in [0.29, 0.717) is 18.0 Å². The molecule has 2 rings (SSSR count). The second kappa shape index (κ2) is 5.33. The highest BCUT2D eigenvalue weighted by atomic mass is 19.1. The molecule has 18 heavy (non-hydrogen) atoms. The summed E-state index contributed by atoms with van der Waals surface area (Å²) >= 11 is 0. The van der Waals surface area contributed by atoms with Crippen LogP contribution in [-0.2, 0) is 11.3 Å². The molecule has 0 aliphatic heterocycles. The van der Waals surface area contributed by atoms with Crippen molar-refractivity contribution in [2.24, 2.45) is 11.7 Å². The van der Waals surface area contributed by atoms with Gasteiger partial charge in [0.2, 0.25) is 0 Å². The number of nitrogens with two attached hydrogens (primary N) is 1. The maximum atomic E-state index is 13.5. The summed E-state index contributed by atoms with van der Waals surface area (Å²) in [7, 11) is 0. The fourth-order valence-corrected chi connectivity index (χ4v) is 2.59. The molecule has 0 radical (unpaired) electrons. The SMILES string of the molecule is CC1CCC(CN)(OCc2ccc(F)cc2F)C1. The first-order valence-electron chi connectivity index (χ1n) is 6.33. The summed E-state index contributed by atoms with van der Waals surface area (Å²) in [5, 5.41) is 0. The van der Waals surface area contributed by atoms with Crippen molar-refractivity contribution < 1.29 is 13.5 Å². The van der Waals surface area contributed by atoms with Crippen LogP contribution in [0.5, 0.6) is 0 Å². The van der Waals surface area contributed by atoms with E-state index in [1.165, 1.54) is 12.1 Å². The second-order valence-corrected chi connectivity index (χ2v) is 5.26. The van der Waals surface area contributed by atoms with Crippen molar-refractivity contribution in [3.05, 3.63) is 35.4 Å². The number of hydrogen-bond donors (Lipinski definition) is 1. The average molecular weight is 255 g/mol. The number of ether oxygens (including phenoxy) is 1. The molecule has 0 heterocycles. The number of rotatable bonds is 4. The van der Waals surface area contributed by atoms with Crippen LogP contribution in [0.1, 0.15) is 31.7 Å². The summed E-state index contributed by atoms with van der Waals surface area (Å²) < 4.78 is 32.1. The molecule has 1 fully saturated rings. The van der Waals surface area contributed by atoms with E-state index in [0.717, 1.165) is 25.3 Å². The Morgan fingerprint density at radius 2 is 2.22 bits per heavy atom. The van der Waals surface area contributed by atoms with E-state index in [1.807, 2.05) is 0 Å². The third-order valence-corrected chi connectivity index (χ3v) is 3.73. The van der Waals surface area contributed by atoms with Gasteiger partial charge in [0.1, 0.15) is 11.6 Å². The monoisotopic (exact) mass is 255 g/mol. The summed E-state index contributed by atoms with van der Waals surface area (Å²) in [5.41, 5.74) is 5.82. The molecule has 100 valence electrons. The zero-order valence-corrected chi connectivity index (χ0v) is 10.6. The Bertz CT molecular complexity index is 424. The molecule has 1 saturated carbocycles. The number of halogens is 2. The predicted octanol–water partition coefficient (Wildman–Crippen LogP) is 3.00. The molecule has 2 nitrogen and oxygen atoms in total. The molecule has 0 spiro atoms. The van der Waals surface area contributed by atoms with E-state index in [9.17, 15) is 8.78 Å². The first-order chi connectivity index (χ1) is 8.54. The summed E-state index contributed by atoms with van der Waals surface area (Å²) in [6, 6.07) is 3.55. The van der Waals surface area contributed by atoms with Gasteiger partial charge in [-0.25, -0.2) is 8.78 Å². The standard InChI is InChI=1S/C14H19F2NO/c1-10-4-5-14(7-10,9-17)18-8-11-2-3-12(15)6-13(11)16/h2-3,6,10H,4-5,7-9,17H2,1H3. The average Bonchev–Trinajstić information content (AvgIpc) is 2.71. The maximum Gasteiger partial charge on any atom is 0.131 e. The van der Waals surface area contributed by atoms with Gasteiger partial charge < -0.3 is 10.5 Å². The summed E-state index contributed by atoms with van der Waals surface area (Å²) in [6.07, 6.45) is 2.91. The highest BCUT2D eigenvalue weighted by Crippen LogP contribution is 2.37. The zero-order chi connectivity index (χ0) is 13.2. The highest BCUT2D eigenvalue weighted by molar-refractivity contribution is 5.17. The minimum absolute atomic E-state index is 0.149. The largest absolute Gasteiger partial charge is 0.369 e. The van der Waals surface area contributed by atoms with Crippen molar-refractivity contribution in [1.82, 2.24) is 0 Å². The van der Waals surface area contributed by atoms with Gasteiger partial charge in [-0.15, -0.1) is 0 Å². The van der Waals surface area contributed by atoms with E-state index >= 15 is 0 Å². The Morgan fingerprint density at radius 1 is 1.44 bits per heavy atom. The molecule has 0 saturated heterocycles. The summed E-state index contributed by atoms with van der Waals surface area (Å²) in [5.74, 6) is -0.542. The van der Waals surface area contributed by atoms with Crippen LogP contribution in [0.3, 0.4) is 0 Å².